The van der Waals surface area contributed by atoms with Crippen LogP contribution < -0.4 is 24.8 Å². The topological polar surface area (TPSA) is 81.7 Å². The van der Waals surface area contributed by atoms with Crippen LogP contribution in [-0.4, -0.2) is 35.8 Å². The Morgan fingerprint density at radius 2 is 1.63 bits per heavy atom. The molecule has 11 heteroatoms. The van der Waals surface area contributed by atoms with Crippen molar-refractivity contribution in [2.75, 3.05) is 25.1 Å². The number of halogens is 2. The van der Waals surface area contributed by atoms with Gasteiger partial charge in [0.1, 0.15) is 5.01 Å². The van der Waals surface area contributed by atoms with Gasteiger partial charge in [-0.2, -0.15) is 0 Å². The van der Waals surface area contributed by atoms with Crippen molar-refractivity contribution in [2.45, 2.75) is 20.8 Å². The summed E-state index contributed by atoms with van der Waals surface area (Å²) < 4.78 is 18.2. The van der Waals surface area contributed by atoms with Gasteiger partial charge >= 0.3 is 0 Å². The van der Waals surface area contributed by atoms with Gasteiger partial charge in [-0.05, 0) is 69.4 Å². The second kappa shape index (κ2) is 12.6. The largest absolute Gasteiger partial charge is 0.490 e. The van der Waals surface area contributed by atoms with Crippen LogP contribution in [0.1, 0.15) is 31.1 Å². The fourth-order valence-corrected chi connectivity index (χ4v) is 5.42. The molecule has 2 N–H and O–H groups in total. The minimum atomic E-state index is -0.459. The first-order chi connectivity index (χ1) is 18.3. The number of thiazole rings is 1. The first-order valence-corrected chi connectivity index (χ1v) is 13.9. The lowest BCUT2D eigenvalue weighted by Gasteiger charge is -2.18. The molecule has 0 spiro atoms. The lowest BCUT2D eigenvalue weighted by atomic mass is 10.1. The average Bonchev–Trinajstić information content (AvgIpc) is 3.31. The number of rotatable bonds is 9. The number of aromatic nitrogens is 1. The molecule has 4 aromatic rings. The van der Waals surface area contributed by atoms with Gasteiger partial charge in [0.2, 0.25) is 5.75 Å². The Kier molecular flexibility index (Phi) is 9.27. The molecule has 1 aromatic heterocycles. The van der Waals surface area contributed by atoms with Crippen LogP contribution >= 0.6 is 46.8 Å². The van der Waals surface area contributed by atoms with Gasteiger partial charge in [0.25, 0.3) is 5.91 Å². The molecule has 1 heterocycles. The molecule has 1 amide bonds. The summed E-state index contributed by atoms with van der Waals surface area (Å²) in [5.41, 5.74) is 2.30. The summed E-state index contributed by atoms with van der Waals surface area (Å²) in [6, 6.07) is 14.3. The van der Waals surface area contributed by atoms with Crippen molar-refractivity contribution < 1.29 is 19.0 Å². The smallest absolute Gasteiger partial charge is 0.257 e. The highest BCUT2D eigenvalue weighted by atomic mass is 35.5. The molecular formula is C27H25Cl2N3O4S2. The Hall–Kier alpha value is -3.11. The molecule has 7 nitrogen and oxygen atoms in total. The third-order valence-electron chi connectivity index (χ3n) is 5.22. The van der Waals surface area contributed by atoms with E-state index in [1.54, 1.807) is 24.3 Å². The summed E-state index contributed by atoms with van der Waals surface area (Å²) in [4.78, 5) is 17.9. The summed E-state index contributed by atoms with van der Waals surface area (Å²) in [6.45, 7) is 6.75. The summed E-state index contributed by atoms with van der Waals surface area (Å²) in [5, 5.41) is 7.29. The monoisotopic (exact) mass is 589 g/mol. The van der Waals surface area contributed by atoms with Gasteiger partial charge in [-0.1, -0.05) is 35.3 Å². The van der Waals surface area contributed by atoms with Gasteiger partial charge in [-0.15, -0.1) is 11.3 Å². The number of carbonyl (C=O) groups is 1. The number of benzene rings is 3. The maximum Gasteiger partial charge on any atom is 0.257 e. The van der Waals surface area contributed by atoms with E-state index in [4.69, 9.17) is 54.6 Å². The maximum atomic E-state index is 13.2. The number of hydrogen-bond acceptors (Lipinski definition) is 7. The van der Waals surface area contributed by atoms with E-state index in [1.807, 2.05) is 45.0 Å². The summed E-state index contributed by atoms with van der Waals surface area (Å²) in [7, 11) is 0. The van der Waals surface area contributed by atoms with E-state index in [2.05, 4.69) is 10.6 Å². The number of hydrogen-bond donors (Lipinski definition) is 2. The molecule has 0 atom stereocenters. The van der Waals surface area contributed by atoms with Gasteiger partial charge < -0.3 is 19.5 Å². The Balaban J connectivity index is 1.61. The molecule has 4 rings (SSSR count). The fourth-order valence-electron chi connectivity index (χ4n) is 3.70. The van der Waals surface area contributed by atoms with Crippen LogP contribution in [0.4, 0.5) is 5.69 Å². The molecule has 0 saturated carbocycles. The summed E-state index contributed by atoms with van der Waals surface area (Å²) >= 11 is 19.8. The lowest BCUT2D eigenvalue weighted by molar-refractivity contribution is 0.0976. The van der Waals surface area contributed by atoms with Crippen molar-refractivity contribution in [3.63, 3.8) is 0 Å². The highest BCUT2D eigenvalue weighted by Crippen LogP contribution is 2.41. The Morgan fingerprint density at radius 1 is 0.974 bits per heavy atom. The van der Waals surface area contributed by atoms with Crippen LogP contribution in [0, 0.1) is 0 Å². The number of fused-ring (bicyclic) bond motifs is 1. The quantitative estimate of drug-likeness (QED) is 0.194. The molecule has 0 fully saturated rings. The van der Waals surface area contributed by atoms with Crippen LogP contribution in [0.15, 0.2) is 48.5 Å². The lowest BCUT2D eigenvalue weighted by Crippen LogP contribution is -2.34. The van der Waals surface area contributed by atoms with E-state index in [1.165, 1.54) is 11.3 Å². The Morgan fingerprint density at radius 3 is 2.26 bits per heavy atom. The van der Waals surface area contributed by atoms with E-state index >= 15 is 0 Å². The predicted molar refractivity (Wildman–Crippen MR) is 159 cm³/mol. The molecule has 0 aliphatic carbocycles. The highest BCUT2D eigenvalue weighted by Gasteiger charge is 2.21. The normalized spacial score (nSPS) is 10.8. The van der Waals surface area contributed by atoms with Crippen molar-refractivity contribution >= 4 is 73.7 Å². The van der Waals surface area contributed by atoms with Gasteiger partial charge in [-0.25, -0.2) is 4.98 Å². The number of anilines is 1. The van der Waals surface area contributed by atoms with Crippen molar-refractivity contribution in [2.24, 2.45) is 0 Å². The number of ether oxygens (including phenoxy) is 3. The SMILES string of the molecule is CCOc1cc(C(=O)NC(=S)Nc2c(Cl)cc(Cl)cc2-c2nc3ccccc3s2)cc(OCC)c1OCC. The van der Waals surface area contributed by atoms with Crippen molar-refractivity contribution in [3.05, 3.63) is 64.1 Å². The molecule has 38 heavy (non-hydrogen) atoms. The molecule has 3 aromatic carbocycles. The van der Waals surface area contributed by atoms with Gasteiger partial charge in [0, 0.05) is 16.1 Å². The zero-order valence-corrected chi connectivity index (χ0v) is 24.0. The van der Waals surface area contributed by atoms with Gasteiger partial charge in [0.15, 0.2) is 16.6 Å². The predicted octanol–water partition coefficient (Wildman–Crippen LogP) is 7.59. The number of nitrogens with zero attached hydrogens (tertiary/aromatic N) is 1. The van der Waals surface area contributed by atoms with Crippen LogP contribution in [0.2, 0.25) is 10.0 Å². The van der Waals surface area contributed by atoms with Crippen molar-refractivity contribution in [3.8, 4) is 27.8 Å². The molecule has 0 radical (unpaired) electrons. The van der Waals surface area contributed by atoms with E-state index in [-0.39, 0.29) is 10.7 Å². The highest BCUT2D eigenvalue weighted by molar-refractivity contribution is 7.80. The molecule has 0 saturated heterocycles. The maximum absolute atomic E-state index is 13.2. The Bertz CT molecular complexity index is 1430. The summed E-state index contributed by atoms with van der Waals surface area (Å²) in [6.07, 6.45) is 0. The van der Waals surface area contributed by atoms with Gasteiger partial charge in [-0.3, -0.25) is 10.1 Å². The van der Waals surface area contributed by atoms with Crippen molar-refractivity contribution in [1.29, 1.82) is 0 Å². The first-order valence-electron chi connectivity index (χ1n) is 11.9. The second-order valence-corrected chi connectivity index (χ2v) is 10.1. The number of carbonyl (C=O) groups excluding carboxylic acids is 1. The zero-order chi connectivity index (χ0) is 27.2. The fraction of sp³-hybridized carbons (Fsp3) is 0.222. The van der Waals surface area contributed by atoms with E-state index < -0.39 is 5.91 Å². The number of para-hydroxylation sites is 1. The number of nitrogens with one attached hydrogen (secondary N) is 2. The van der Waals surface area contributed by atoms with E-state index in [0.717, 1.165) is 10.2 Å². The molecule has 198 valence electrons. The molecular weight excluding hydrogens is 565 g/mol. The van der Waals surface area contributed by atoms with Crippen LogP contribution in [0.25, 0.3) is 20.8 Å². The summed E-state index contributed by atoms with van der Waals surface area (Å²) in [5.74, 6) is 0.798. The molecule has 0 aliphatic heterocycles. The first kappa shape index (κ1) is 27.9. The van der Waals surface area contributed by atoms with Crippen LogP contribution in [-0.2, 0) is 0 Å². The standard InChI is InChI=1S/C27H25Cl2N3O4S2/c1-4-34-20-11-15(12-21(35-5-2)24(20)36-6-3)25(33)32-27(37)31-23-17(13-16(28)14-18(23)29)26-30-19-9-7-8-10-22(19)38-26/h7-14H,4-6H2,1-3H3,(H2,31,32,33,37). The van der Waals surface area contributed by atoms with Crippen LogP contribution in [0.3, 0.4) is 0 Å². The minimum Gasteiger partial charge on any atom is -0.490 e. The Labute approximate surface area is 240 Å². The third-order valence-corrected chi connectivity index (χ3v) is 7.01. The zero-order valence-electron chi connectivity index (χ0n) is 20.9. The molecule has 0 aliphatic rings. The minimum absolute atomic E-state index is 0.0476. The van der Waals surface area contributed by atoms with Crippen LogP contribution in [0.5, 0.6) is 17.2 Å². The van der Waals surface area contributed by atoms with E-state index in [0.29, 0.717) is 63.4 Å². The van der Waals surface area contributed by atoms with E-state index in [9.17, 15) is 4.79 Å². The van der Waals surface area contributed by atoms with Crippen molar-refractivity contribution in [1.82, 2.24) is 10.3 Å². The van der Waals surface area contributed by atoms with Gasteiger partial charge in [0.05, 0.1) is 40.7 Å². The third kappa shape index (κ3) is 6.30. The molecule has 0 unspecified atom stereocenters. The molecule has 0 bridgehead atoms. The number of amides is 1. The average molecular weight is 591 g/mol. The number of thiocarbonyl (C=S) groups is 1. The second-order valence-electron chi connectivity index (χ2n) is 7.81.